The van der Waals surface area contributed by atoms with Crippen LogP contribution in [0.25, 0.3) is 0 Å². The van der Waals surface area contributed by atoms with Crippen molar-refractivity contribution in [2.75, 3.05) is 0 Å². The summed E-state index contributed by atoms with van der Waals surface area (Å²) in [6, 6.07) is 1.03. The molecule has 0 amide bonds. The number of nitrogens with two attached hydrogens (primary N) is 1. The van der Waals surface area contributed by atoms with Crippen molar-refractivity contribution in [2.45, 2.75) is 44.8 Å². The second-order valence-corrected chi connectivity index (χ2v) is 5.71. The molecule has 0 aromatic heterocycles. The van der Waals surface area contributed by atoms with Crippen molar-refractivity contribution in [3.05, 3.63) is 34.9 Å². The molecular weight excluding hydrogens is 289 g/mol. The predicted octanol–water partition coefficient (Wildman–Crippen LogP) is 4.64. The lowest BCUT2D eigenvalue weighted by Gasteiger charge is -2.37. The number of hydrogen-bond acceptors (Lipinski definition) is 1. The molecule has 0 spiro atoms. The SMILES string of the molecule is Cc1ccc(F)c(C(N)C2CCCCC2C(F)(F)F)c1F. The fraction of sp³-hybridized carbons (Fsp3) is 0.600. The van der Waals surface area contributed by atoms with Crippen molar-refractivity contribution in [3.8, 4) is 0 Å². The van der Waals surface area contributed by atoms with E-state index in [0.29, 0.717) is 12.8 Å². The van der Waals surface area contributed by atoms with Crippen LogP contribution in [0.3, 0.4) is 0 Å². The third kappa shape index (κ3) is 3.20. The van der Waals surface area contributed by atoms with Crippen LogP contribution in [0.1, 0.15) is 42.9 Å². The van der Waals surface area contributed by atoms with Gasteiger partial charge in [-0.15, -0.1) is 0 Å². The molecule has 1 aliphatic carbocycles. The summed E-state index contributed by atoms with van der Waals surface area (Å²) in [5, 5.41) is 0. The van der Waals surface area contributed by atoms with E-state index in [4.69, 9.17) is 5.73 Å². The standard InChI is InChI=1S/C15H18F5N/c1-8-6-7-11(16)12(13(8)17)14(21)9-4-2-3-5-10(9)15(18,19)20/h6-7,9-10,14H,2-5,21H2,1H3. The molecule has 1 nitrogen and oxygen atoms in total. The van der Waals surface area contributed by atoms with Gasteiger partial charge in [0.05, 0.1) is 5.92 Å². The highest BCUT2D eigenvalue weighted by atomic mass is 19.4. The summed E-state index contributed by atoms with van der Waals surface area (Å²) in [5.74, 6) is -4.30. The van der Waals surface area contributed by atoms with Crippen LogP contribution >= 0.6 is 0 Å². The van der Waals surface area contributed by atoms with E-state index in [1.165, 1.54) is 13.0 Å². The largest absolute Gasteiger partial charge is 0.392 e. The first-order valence-corrected chi connectivity index (χ1v) is 7.00. The Morgan fingerprint density at radius 3 is 2.38 bits per heavy atom. The average Bonchev–Trinajstić information content (AvgIpc) is 2.42. The Morgan fingerprint density at radius 2 is 1.76 bits per heavy atom. The van der Waals surface area contributed by atoms with Crippen LogP contribution < -0.4 is 5.73 Å². The quantitative estimate of drug-likeness (QED) is 0.791. The van der Waals surface area contributed by atoms with Gasteiger partial charge in [0.15, 0.2) is 0 Å². The molecule has 2 rings (SSSR count). The van der Waals surface area contributed by atoms with E-state index in [9.17, 15) is 22.0 Å². The summed E-state index contributed by atoms with van der Waals surface area (Å²) in [7, 11) is 0. The molecule has 0 aliphatic heterocycles. The van der Waals surface area contributed by atoms with E-state index in [-0.39, 0.29) is 18.4 Å². The van der Waals surface area contributed by atoms with Gasteiger partial charge in [0, 0.05) is 11.6 Å². The van der Waals surface area contributed by atoms with Gasteiger partial charge in [0.2, 0.25) is 0 Å². The highest BCUT2D eigenvalue weighted by Gasteiger charge is 2.48. The maximum absolute atomic E-state index is 14.1. The van der Waals surface area contributed by atoms with Gasteiger partial charge in [-0.25, -0.2) is 8.78 Å². The van der Waals surface area contributed by atoms with Crippen LogP contribution in [0.15, 0.2) is 12.1 Å². The molecule has 1 saturated carbocycles. The van der Waals surface area contributed by atoms with Crippen LogP contribution in [-0.2, 0) is 0 Å². The van der Waals surface area contributed by atoms with Gasteiger partial charge in [-0.3, -0.25) is 0 Å². The fourth-order valence-electron chi connectivity index (χ4n) is 3.19. The number of halogens is 5. The smallest absolute Gasteiger partial charge is 0.324 e. The molecule has 3 atom stereocenters. The third-order valence-corrected chi connectivity index (χ3v) is 4.35. The summed E-state index contributed by atoms with van der Waals surface area (Å²) >= 11 is 0. The highest BCUT2D eigenvalue weighted by molar-refractivity contribution is 5.29. The van der Waals surface area contributed by atoms with Gasteiger partial charge in [-0.05, 0) is 37.3 Å². The molecule has 1 aromatic carbocycles. The van der Waals surface area contributed by atoms with Crippen molar-refractivity contribution < 1.29 is 22.0 Å². The lowest BCUT2D eigenvalue weighted by Crippen LogP contribution is -2.39. The van der Waals surface area contributed by atoms with Crippen LogP contribution in [0.5, 0.6) is 0 Å². The van der Waals surface area contributed by atoms with Crippen LogP contribution in [0, 0.1) is 30.4 Å². The first kappa shape index (κ1) is 16.2. The zero-order valence-electron chi connectivity index (χ0n) is 11.7. The van der Waals surface area contributed by atoms with Crippen molar-refractivity contribution in [1.29, 1.82) is 0 Å². The van der Waals surface area contributed by atoms with Crippen molar-refractivity contribution in [2.24, 2.45) is 17.6 Å². The lowest BCUT2D eigenvalue weighted by atomic mass is 9.73. The zero-order valence-corrected chi connectivity index (χ0v) is 11.7. The second-order valence-electron chi connectivity index (χ2n) is 5.71. The van der Waals surface area contributed by atoms with Crippen molar-refractivity contribution in [3.63, 3.8) is 0 Å². The molecule has 1 aromatic rings. The molecule has 3 unspecified atom stereocenters. The molecular formula is C15H18F5N. The van der Waals surface area contributed by atoms with Crippen LogP contribution in [0.2, 0.25) is 0 Å². The number of aryl methyl sites for hydroxylation is 1. The maximum atomic E-state index is 14.1. The third-order valence-electron chi connectivity index (χ3n) is 4.35. The Morgan fingerprint density at radius 1 is 1.14 bits per heavy atom. The lowest BCUT2D eigenvalue weighted by molar-refractivity contribution is -0.198. The Balaban J connectivity index is 2.38. The fourth-order valence-corrected chi connectivity index (χ4v) is 3.19. The van der Waals surface area contributed by atoms with Crippen LogP contribution in [0.4, 0.5) is 22.0 Å². The van der Waals surface area contributed by atoms with Gasteiger partial charge < -0.3 is 5.73 Å². The van der Waals surface area contributed by atoms with Gasteiger partial charge >= 0.3 is 6.18 Å². The minimum atomic E-state index is -4.39. The van der Waals surface area contributed by atoms with E-state index in [1.807, 2.05) is 0 Å². The zero-order chi connectivity index (χ0) is 15.8. The van der Waals surface area contributed by atoms with E-state index in [1.54, 1.807) is 0 Å². The number of benzene rings is 1. The summed E-state index contributed by atoms with van der Waals surface area (Å²) < 4.78 is 67.3. The second kappa shape index (κ2) is 5.91. The molecule has 0 saturated heterocycles. The first-order chi connectivity index (χ1) is 9.73. The van der Waals surface area contributed by atoms with E-state index >= 15 is 0 Å². The van der Waals surface area contributed by atoms with Crippen molar-refractivity contribution in [1.82, 2.24) is 0 Å². The minimum Gasteiger partial charge on any atom is -0.324 e. The molecule has 6 heteroatoms. The maximum Gasteiger partial charge on any atom is 0.392 e. The Bertz CT molecular complexity index is 512. The Labute approximate surface area is 120 Å². The predicted molar refractivity (Wildman–Crippen MR) is 69.5 cm³/mol. The molecule has 2 N–H and O–H groups in total. The molecule has 0 bridgehead atoms. The molecule has 1 aliphatic rings. The molecule has 0 radical (unpaired) electrons. The van der Waals surface area contributed by atoms with Crippen LogP contribution in [-0.4, -0.2) is 6.18 Å². The number of hydrogen-bond donors (Lipinski definition) is 1. The van der Waals surface area contributed by atoms with Gasteiger partial charge in [-0.1, -0.05) is 18.9 Å². The topological polar surface area (TPSA) is 26.0 Å². The van der Waals surface area contributed by atoms with E-state index in [0.717, 1.165) is 6.07 Å². The Kier molecular flexibility index (Phi) is 4.56. The van der Waals surface area contributed by atoms with Crippen molar-refractivity contribution >= 4 is 0 Å². The summed E-state index contributed by atoms with van der Waals surface area (Å²) in [5.41, 5.74) is 5.61. The normalized spacial score (nSPS) is 24.9. The number of rotatable bonds is 2. The molecule has 1 fully saturated rings. The average molecular weight is 307 g/mol. The monoisotopic (exact) mass is 307 g/mol. The van der Waals surface area contributed by atoms with Gasteiger partial charge in [0.25, 0.3) is 0 Å². The van der Waals surface area contributed by atoms with Gasteiger partial charge in [-0.2, -0.15) is 13.2 Å². The summed E-state index contributed by atoms with van der Waals surface area (Å²) in [6.07, 6.45) is -3.12. The Hall–Kier alpha value is -1.17. The van der Waals surface area contributed by atoms with Gasteiger partial charge in [0.1, 0.15) is 11.6 Å². The first-order valence-electron chi connectivity index (χ1n) is 7.00. The van der Waals surface area contributed by atoms with E-state index in [2.05, 4.69) is 0 Å². The molecule has 0 heterocycles. The molecule has 21 heavy (non-hydrogen) atoms. The summed E-state index contributed by atoms with van der Waals surface area (Å²) in [6.45, 7) is 1.44. The highest BCUT2D eigenvalue weighted by Crippen LogP contribution is 2.46. The summed E-state index contributed by atoms with van der Waals surface area (Å²) in [4.78, 5) is 0. The van der Waals surface area contributed by atoms with E-state index < -0.39 is 41.3 Å². The minimum absolute atomic E-state index is 0.0308. The number of alkyl halides is 3. The molecule has 118 valence electrons.